The summed E-state index contributed by atoms with van der Waals surface area (Å²) < 4.78 is 42.3. The van der Waals surface area contributed by atoms with Crippen LogP contribution in [0.2, 0.25) is 0 Å². The zero-order valence-corrected chi connectivity index (χ0v) is 9.72. The Balaban J connectivity index is 3.28. The van der Waals surface area contributed by atoms with Gasteiger partial charge in [0.25, 0.3) is 6.43 Å². The normalized spacial score (nSPS) is 10.6. The fourth-order valence-corrected chi connectivity index (χ4v) is 1.50. The van der Waals surface area contributed by atoms with Crippen molar-refractivity contribution in [2.45, 2.75) is 13.3 Å². The largest absolute Gasteiger partial charge is 0.461 e. The van der Waals surface area contributed by atoms with E-state index >= 15 is 0 Å². The zero-order valence-electron chi connectivity index (χ0n) is 8.14. The van der Waals surface area contributed by atoms with Crippen LogP contribution in [-0.4, -0.2) is 17.6 Å². The van der Waals surface area contributed by atoms with Crippen LogP contribution in [0.5, 0.6) is 0 Å². The van der Waals surface area contributed by atoms with Crippen LogP contribution < -0.4 is 0 Å². The average molecular weight is 298 g/mol. The first-order chi connectivity index (χ1) is 7.49. The number of aromatic nitrogens is 1. The van der Waals surface area contributed by atoms with E-state index in [1.807, 2.05) is 0 Å². The molecule has 1 aromatic heterocycles. The van der Waals surface area contributed by atoms with Gasteiger partial charge in [-0.2, -0.15) is 0 Å². The van der Waals surface area contributed by atoms with Gasteiger partial charge < -0.3 is 4.74 Å². The Morgan fingerprint density at radius 1 is 1.62 bits per heavy atom. The molecular weight excluding hydrogens is 291 g/mol. The second-order valence-corrected chi connectivity index (χ2v) is 3.50. The molecule has 0 amide bonds. The fourth-order valence-electron chi connectivity index (χ4n) is 1.04. The summed E-state index contributed by atoms with van der Waals surface area (Å²) in [6.07, 6.45) is -2.33. The molecule has 1 rings (SSSR count). The molecule has 0 aliphatic carbocycles. The third-order valence-electron chi connectivity index (χ3n) is 1.70. The van der Waals surface area contributed by atoms with E-state index in [9.17, 15) is 18.0 Å². The van der Waals surface area contributed by atoms with E-state index < -0.39 is 33.9 Å². The van der Waals surface area contributed by atoms with Crippen LogP contribution in [0.3, 0.4) is 0 Å². The van der Waals surface area contributed by atoms with Gasteiger partial charge in [-0.3, -0.25) is 0 Å². The molecule has 16 heavy (non-hydrogen) atoms. The second kappa shape index (κ2) is 5.29. The highest BCUT2D eigenvalue weighted by atomic mass is 79.9. The van der Waals surface area contributed by atoms with Crippen molar-refractivity contribution >= 4 is 21.9 Å². The van der Waals surface area contributed by atoms with Crippen LogP contribution in [0.25, 0.3) is 0 Å². The Bertz CT molecular complexity index is 412. The second-order valence-electron chi connectivity index (χ2n) is 2.70. The number of rotatable bonds is 3. The maximum Gasteiger partial charge on any atom is 0.357 e. The van der Waals surface area contributed by atoms with Gasteiger partial charge in [0.1, 0.15) is 0 Å². The molecule has 88 valence electrons. The van der Waals surface area contributed by atoms with E-state index in [0.717, 1.165) is 0 Å². The van der Waals surface area contributed by atoms with E-state index in [1.54, 1.807) is 0 Å². The number of hydrogen-bond donors (Lipinski definition) is 0. The molecule has 0 radical (unpaired) electrons. The zero-order chi connectivity index (χ0) is 12.3. The fraction of sp³-hybridized carbons (Fsp3) is 0.333. The number of ether oxygens (including phenoxy) is 1. The highest BCUT2D eigenvalue weighted by molar-refractivity contribution is 9.10. The van der Waals surface area contributed by atoms with Crippen LogP contribution in [0.15, 0.2) is 10.7 Å². The van der Waals surface area contributed by atoms with Crippen LogP contribution >= 0.6 is 15.9 Å². The molecule has 0 aliphatic heterocycles. The van der Waals surface area contributed by atoms with Crippen molar-refractivity contribution in [3.8, 4) is 0 Å². The quantitative estimate of drug-likeness (QED) is 0.805. The van der Waals surface area contributed by atoms with E-state index in [1.165, 1.54) is 6.92 Å². The van der Waals surface area contributed by atoms with Gasteiger partial charge in [0.15, 0.2) is 11.5 Å². The molecule has 1 heterocycles. The number of pyridine rings is 1. The lowest BCUT2D eigenvalue weighted by Gasteiger charge is -2.09. The average Bonchev–Trinajstić information content (AvgIpc) is 2.21. The Morgan fingerprint density at radius 3 is 2.75 bits per heavy atom. The number of carbonyl (C=O) groups excluding carboxylic acids is 1. The number of hydrogen-bond acceptors (Lipinski definition) is 3. The van der Waals surface area contributed by atoms with Gasteiger partial charge in [-0.1, -0.05) is 0 Å². The van der Waals surface area contributed by atoms with E-state index in [4.69, 9.17) is 0 Å². The molecule has 0 atom stereocenters. The molecular formula is C9H7BrF3NO2. The van der Waals surface area contributed by atoms with Crippen molar-refractivity contribution in [3.63, 3.8) is 0 Å². The van der Waals surface area contributed by atoms with Gasteiger partial charge in [-0.25, -0.2) is 22.9 Å². The lowest BCUT2D eigenvalue weighted by molar-refractivity contribution is 0.0507. The highest BCUT2D eigenvalue weighted by Gasteiger charge is 2.26. The molecule has 0 spiro atoms. The van der Waals surface area contributed by atoms with Gasteiger partial charge in [0, 0.05) is 0 Å². The van der Waals surface area contributed by atoms with E-state index in [0.29, 0.717) is 6.20 Å². The Labute approximate surface area is 97.8 Å². The van der Waals surface area contributed by atoms with Gasteiger partial charge in [-0.05, 0) is 22.9 Å². The summed E-state index contributed by atoms with van der Waals surface area (Å²) in [5, 5.41) is 0. The lowest BCUT2D eigenvalue weighted by Crippen LogP contribution is -2.12. The summed E-state index contributed by atoms with van der Waals surface area (Å²) in [6, 6.07) is 0. The number of alkyl halides is 2. The van der Waals surface area contributed by atoms with Gasteiger partial charge in [-0.15, -0.1) is 0 Å². The van der Waals surface area contributed by atoms with Crippen LogP contribution in [0, 0.1) is 5.82 Å². The van der Waals surface area contributed by atoms with Crippen molar-refractivity contribution in [1.29, 1.82) is 0 Å². The Kier molecular flexibility index (Phi) is 4.28. The number of nitrogens with zero attached hydrogens (tertiary/aromatic N) is 1. The Hall–Kier alpha value is -1.11. The number of carbonyl (C=O) groups is 1. The minimum atomic E-state index is -3.02. The molecule has 7 heteroatoms. The molecule has 3 nitrogen and oxygen atoms in total. The third-order valence-corrected chi connectivity index (χ3v) is 2.50. The maximum absolute atomic E-state index is 13.0. The predicted molar refractivity (Wildman–Crippen MR) is 52.8 cm³/mol. The summed E-state index contributed by atoms with van der Waals surface area (Å²) in [5.74, 6) is -1.96. The van der Waals surface area contributed by atoms with Crippen LogP contribution in [-0.2, 0) is 4.74 Å². The van der Waals surface area contributed by atoms with E-state index in [-0.39, 0.29) is 6.61 Å². The minimum Gasteiger partial charge on any atom is -0.461 e. The summed E-state index contributed by atoms with van der Waals surface area (Å²) in [4.78, 5) is 14.6. The highest BCUT2D eigenvalue weighted by Crippen LogP contribution is 2.31. The number of esters is 1. The standard InChI is InChI=1S/C9H7BrF3NO2/c1-2-16-9(15)7-5(8(12)13)6(10)4(11)3-14-7/h3,8H,2H2,1H3. The molecule has 0 unspecified atom stereocenters. The molecule has 0 N–H and O–H groups in total. The lowest BCUT2D eigenvalue weighted by atomic mass is 10.2. The molecule has 0 saturated carbocycles. The smallest absolute Gasteiger partial charge is 0.357 e. The monoisotopic (exact) mass is 297 g/mol. The predicted octanol–water partition coefficient (Wildman–Crippen LogP) is 3.10. The van der Waals surface area contributed by atoms with Crippen molar-refractivity contribution < 1.29 is 22.7 Å². The first kappa shape index (κ1) is 13.0. The first-order valence-electron chi connectivity index (χ1n) is 4.28. The topological polar surface area (TPSA) is 39.2 Å². The van der Waals surface area contributed by atoms with Crippen molar-refractivity contribution in [1.82, 2.24) is 4.98 Å². The van der Waals surface area contributed by atoms with Gasteiger partial charge in [0.2, 0.25) is 0 Å². The van der Waals surface area contributed by atoms with Gasteiger partial charge in [0.05, 0.1) is 22.8 Å². The Morgan fingerprint density at radius 2 is 2.25 bits per heavy atom. The van der Waals surface area contributed by atoms with Crippen LogP contribution in [0.4, 0.5) is 13.2 Å². The number of halogens is 4. The van der Waals surface area contributed by atoms with Crippen LogP contribution in [0.1, 0.15) is 29.4 Å². The summed E-state index contributed by atoms with van der Waals surface area (Å²) in [7, 11) is 0. The molecule has 0 saturated heterocycles. The van der Waals surface area contributed by atoms with Crippen molar-refractivity contribution in [3.05, 3.63) is 27.7 Å². The molecule has 0 bridgehead atoms. The first-order valence-corrected chi connectivity index (χ1v) is 5.07. The third kappa shape index (κ3) is 2.52. The SMILES string of the molecule is CCOC(=O)c1ncc(F)c(Br)c1C(F)F. The molecule has 0 aromatic carbocycles. The van der Waals surface area contributed by atoms with Gasteiger partial charge >= 0.3 is 5.97 Å². The summed E-state index contributed by atoms with van der Waals surface area (Å²) in [5.41, 5.74) is -1.37. The van der Waals surface area contributed by atoms with Crippen molar-refractivity contribution in [2.24, 2.45) is 0 Å². The summed E-state index contributed by atoms with van der Waals surface area (Å²) >= 11 is 2.65. The summed E-state index contributed by atoms with van der Waals surface area (Å²) in [6.45, 7) is 1.55. The minimum absolute atomic E-state index is 0.0260. The maximum atomic E-state index is 13.0. The molecule has 0 aliphatic rings. The molecule has 0 fully saturated rings. The molecule has 1 aromatic rings. The van der Waals surface area contributed by atoms with E-state index in [2.05, 4.69) is 25.7 Å². The van der Waals surface area contributed by atoms with Crippen molar-refractivity contribution in [2.75, 3.05) is 6.61 Å².